The van der Waals surface area contributed by atoms with Crippen molar-refractivity contribution >= 4 is 11.6 Å². The van der Waals surface area contributed by atoms with Crippen LogP contribution in [0.3, 0.4) is 0 Å². The number of carbonyl (C=O) groups is 1. The van der Waals surface area contributed by atoms with Crippen molar-refractivity contribution in [3.05, 3.63) is 47.4 Å². The van der Waals surface area contributed by atoms with Gasteiger partial charge in [0.1, 0.15) is 0 Å². The Labute approximate surface area is 176 Å². The molecule has 1 aliphatic carbocycles. The zero-order valence-corrected chi connectivity index (χ0v) is 17.7. The van der Waals surface area contributed by atoms with E-state index >= 15 is 0 Å². The van der Waals surface area contributed by atoms with Crippen molar-refractivity contribution in [1.82, 2.24) is 29.0 Å². The van der Waals surface area contributed by atoms with E-state index < -0.39 is 0 Å². The van der Waals surface area contributed by atoms with E-state index in [-0.39, 0.29) is 18.0 Å². The summed E-state index contributed by atoms with van der Waals surface area (Å²) in [5.74, 6) is 0.869. The van der Waals surface area contributed by atoms with Crippen LogP contribution in [0.25, 0.3) is 5.65 Å². The summed E-state index contributed by atoms with van der Waals surface area (Å²) < 4.78 is 3.64. The largest absolute Gasteiger partial charge is 0.330 e. The van der Waals surface area contributed by atoms with Crippen LogP contribution in [0, 0.1) is 6.92 Å². The average Bonchev–Trinajstić information content (AvgIpc) is 3.46. The van der Waals surface area contributed by atoms with Crippen molar-refractivity contribution in [1.29, 1.82) is 0 Å². The number of nitrogens with zero attached hydrogens (tertiary/aromatic N) is 6. The third-order valence-corrected chi connectivity index (χ3v) is 6.67. The maximum atomic E-state index is 13.2. The molecule has 3 atom stereocenters. The van der Waals surface area contributed by atoms with E-state index in [4.69, 9.17) is 15.8 Å². The van der Waals surface area contributed by atoms with Gasteiger partial charge in [-0.2, -0.15) is 5.10 Å². The van der Waals surface area contributed by atoms with Gasteiger partial charge >= 0.3 is 0 Å². The number of aryl methyl sites for hydroxylation is 2. The zero-order chi connectivity index (χ0) is 20.8. The lowest BCUT2D eigenvalue weighted by atomic mass is 9.99. The van der Waals surface area contributed by atoms with Gasteiger partial charge in [0.25, 0.3) is 5.91 Å². The topological polar surface area (TPSA) is 94.3 Å². The molecule has 1 saturated carbocycles. The Kier molecular flexibility index (Phi) is 4.81. The smallest absolute Gasteiger partial charge is 0.290 e. The molecule has 0 radical (unpaired) electrons. The van der Waals surface area contributed by atoms with Gasteiger partial charge in [0.2, 0.25) is 0 Å². The SMILES string of the molecule is Cc1cn2nc([C@@H]3CCCCN3C(=O)c3nccn3C)cc2nc1C1CC[C@H](N)C1. The highest BCUT2D eigenvalue weighted by Gasteiger charge is 2.33. The molecule has 5 rings (SSSR count). The van der Waals surface area contributed by atoms with Gasteiger partial charge in [-0.15, -0.1) is 0 Å². The van der Waals surface area contributed by atoms with E-state index in [0.29, 0.717) is 11.7 Å². The molecule has 1 aliphatic heterocycles. The molecule has 0 spiro atoms. The number of likely N-dealkylation sites (tertiary alicyclic amines) is 1. The molecular weight excluding hydrogens is 378 g/mol. The number of aromatic nitrogens is 5. The maximum absolute atomic E-state index is 13.2. The van der Waals surface area contributed by atoms with Crippen LogP contribution in [0.2, 0.25) is 0 Å². The Bertz CT molecular complexity index is 1080. The van der Waals surface area contributed by atoms with Gasteiger partial charge < -0.3 is 15.2 Å². The van der Waals surface area contributed by atoms with E-state index in [2.05, 4.69) is 18.1 Å². The summed E-state index contributed by atoms with van der Waals surface area (Å²) >= 11 is 0. The first-order valence-electron chi connectivity index (χ1n) is 10.9. The highest BCUT2D eigenvalue weighted by atomic mass is 16.2. The Balaban J connectivity index is 1.48. The minimum atomic E-state index is -0.0479. The number of hydrogen-bond donors (Lipinski definition) is 1. The first-order valence-corrected chi connectivity index (χ1v) is 10.9. The van der Waals surface area contributed by atoms with Crippen LogP contribution in [0.5, 0.6) is 0 Å². The van der Waals surface area contributed by atoms with Crippen molar-refractivity contribution in [2.24, 2.45) is 12.8 Å². The molecule has 1 saturated heterocycles. The minimum Gasteiger partial charge on any atom is -0.330 e. The van der Waals surface area contributed by atoms with Gasteiger partial charge in [-0.3, -0.25) is 4.79 Å². The van der Waals surface area contributed by atoms with E-state index in [1.165, 1.54) is 0 Å². The fourth-order valence-corrected chi connectivity index (χ4v) is 5.07. The van der Waals surface area contributed by atoms with Crippen LogP contribution < -0.4 is 5.73 Å². The molecule has 4 heterocycles. The standard InChI is InChI=1S/C22H29N7O/c1-14-13-29-19(25-20(14)15-6-7-16(23)11-15)12-17(26-29)18-5-3-4-9-28(18)22(30)21-24-8-10-27(21)2/h8,10,12-13,15-16,18H,3-7,9,11,23H2,1-2H3/t15?,16-,18-/m0/s1. The average molecular weight is 408 g/mol. The van der Waals surface area contributed by atoms with Gasteiger partial charge in [0, 0.05) is 50.2 Å². The van der Waals surface area contributed by atoms with Gasteiger partial charge in [-0.1, -0.05) is 0 Å². The summed E-state index contributed by atoms with van der Waals surface area (Å²) in [4.78, 5) is 24.3. The third-order valence-electron chi connectivity index (χ3n) is 6.67. The van der Waals surface area contributed by atoms with E-state index in [1.54, 1.807) is 17.0 Å². The maximum Gasteiger partial charge on any atom is 0.290 e. The molecule has 3 aromatic heterocycles. The molecule has 158 valence electrons. The van der Waals surface area contributed by atoms with Crippen LogP contribution >= 0.6 is 0 Å². The molecule has 2 N–H and O–H groups in total. The Morgan fingerprint density at radius 1 is 1.23 bits per heavy atom. The minimum absolute atomic E-state index is 0.0333. The quantitative estimate of drug-likeness (QED) is 0.720. The number of nitrogens with two attached hydrogens (primary N) is 1. The molecule has 0 aromatic carbocycles. The summed E-state index contributed by atoms with van der Waals surface area (Å²) in [5, 5.41) is 4.82. The first kappa shape index (κ1) is 19.2. The van der Waals surface area contributed by atoms with E-state index in [1.807, 2.05) is 22.5 Å². The van der Waals surface area contributed by atoms with Crippen LogP contribution in [-0.2, 0) is 7.05 Å². The van der Waals surface area contributed by atoms with E-state index in [0.717, 1.165) is 67.7 Å². The second kappa shape index (κ2) is 7.50. The van der Waals surface area contributed by atoms with Crippen LogP contribution in [0.4, 0.5) is 0 Å². The van der Waals surface area contributed by atoms with Crippen LogP contribution in [0.1, 0.15) is 78.1 Å². The highest BCUT2D eigenvalue weighted by molar-refractivity contribution is 5.91. The lowest BCUT2D eigenvalue weighted by Gasteiger charge is -2.34. The van der Waals surface area contributed by atoms with Gasteiger partial charge in [-0.25, -0.2) is 14.5 Å². The molecule has 1 unspecified atom stereocenters. The second-order valence-electron chi connectivity index (χ2n) is 8.82. The normalized spacial score (nSPS) is 24.6. The number of carbonyl (C=O) groups excluding carboxylic acids is 1. The first-order chi connectivity index (χ1) is 14.5. The Morgan fingerprint density at radius 2 is 2.10 bits per heavy atom. The fourth-order valence-electron chi connectivity index (χ4n) is 5.07. The van der Waals surface area contributed by atoms with Gasteiger partial charge in [0.05, 0.1) is 17.4 Å². The second-order valence-corrected chi connectivity index (χ2v) is 8.82. The lowest BCUT2D eigenvalue weighted by molar-refractivity contribution is 0.0589. The Hall–Kier alpha value is -2.74. The predicted octanol–water partition coefficient (Wildman–Crippen LogP) is 2.73. The number of piperidine rings is 1. The van der Waals surface area contributed by atoms with Gasteiger partial charge in [-0.05, 0) is 51.0 Å². The molecule has 2 fully saturated rings. The molecule has 8 nitrogen and oxygen atoms in total. The van der Waals surface area contributed by atoms with Crippen molar-refractivity contribution < 1.29 is 4.79 Å². The molecule has 3 aromatic rings. The zero-order valence-electron chi connectivity index (χ0n) is 17.7. The molecular formula is C22H29N7O. The molecule has 8 heteroatoms. The van der Waals surface area contributed by atoms with Gasteiger partial charge in [0.15, 0.2) is 11.5 Å². The van der Waals surface area contributed by atoms with Crippen molar-refractivity contribution in [2.45, 2.75) is 63.5 Å². The summed E-state index contributed by atoms with van der Waals surface area (Å²) in [7, 11) is 1.85. The van der Waals surface area contributed by atoms with Crippen LogP contribution in [-0.4, -0.2) is 47.5 Å². The number of amides is 1. The molecule has 30 heavy (non-hydrogen) atoms. The number of fused-ring (bicyclic) bond motifs is 1. The summed E-state index contributed by atoms with van der Waals surface area (Å²) in [6.45, 7) is 2.83. The predicted molar refractivity (Wildman–Crippen MR) is 113 cm³/mol. The van der Waals surface area contributed by atoms with Crippen molar-refractivity contribution in [3.63, 3.8) is 0 Å². The molecule has 1 amide bonds. The number of imidazole rings is 1. The number of rotatable bonds is 3. The van der Waals surface area contributed by atoms with Crippen molar-refractivity contribution in [3.8, 4) is 0 Å². The lowest BCUT2D eigenvalue weighted by Crippen LogP contribution is -2.39. The summed E-state index contributed by atoms with van der Waals surface area (Å²) in [6.07, 6.45) is 11.7. The molecule has 2 aliphatic rings. The van der Waals surface area contributed by atoms with E-state index in [9.17, 15) is 4.79 Å². The summed E-state index contributed by atoms with van der Waals surface area (Å²) in [5.41, 5.74) is 10.2. The summed E-state index contributed by atoms with van der Waals surface area (Å²) in [6, 6.07) is 2.28. The number of hydrogen-bond acceptors (Lipinski definition) is 5. The highest BCUT2D eigenvalue weighted by Crippen LogP contribution is 2.35. The molecule has 0 bridgehead atoms. The Morgan fingerprint density at radius 3 is 2.83 bits per heavy atom. The third kappa shape index (κ3) is 3.29. The van der Waals surface area contributed by atoms with Crippen LogP contribution in [0.15, 0.2) is 24.7 Å². The monoisotopic (exact) mass is 407 g/mol. The fraction of sp³-hybridized carbons (Fsp3) is 0.545. The van der Waals surface area contributed by atoms with Crippen molar-refractivity contribution in [2.75, 3.05) is 6.54 Å².